The lowest BCUT2D eigenvalue weighted by Gasteiger charge is -2.29. The molecule has 1 saturated heterocycles. The third-order valence-electron chi connectivity index (χ3n) is 2.02. The highest BCUT2D eigenvalue weighted by Gasteiger charge is 2.20. The van der Waals surface area contributed by atoms with Gasteiger partial charge in [-0.2, -0.15) is 11.8 Å². The highest BCUT2D eigenvalue weighted by molar-refractivity contribution is 7.99. The van der Waals surface area contributed by atoms with Crippen LogP contribution < -0.4 is 0 Å². The van der Waals surface area contributed by atoms with Gasteiger partial charge in [0.05, 0.1) is 11.9 Å². The molecule has 0 aliphatic carbocycles. The standard InChI is InChI=1S/C8H15NO2S/c1-12-6-8(11)9-4-2-3-7(10)5-9/h7,10H,2-6H2,1H3. The Morgan fingerprint density at radius 1 is 1.75 bits per heavy atom. The molecule has 1 rings (SSSR count). The fraction of sp³-hybridized carbons (Fsp3) is 0.875. The van der Waals surface area contributed by atoms with Crippen LogP contribution in [0, 0.1) is 0 Å². The molecule has 1 aliphatic heterocycles. The Bertz CT molecular complexity index is 163. The molecule has 1 N–H and O–H groups in total. The van der Waals surface area contributed by atoms with E-state index in [1.165, 1.54) is 11.8 Å². The number of aliphatic hydroxyl groups is 1. The van der Waals surface area contributed by atoms with Crippen LogP contribution in [0.15, 0.2) is 0 Å². The minimum Gasteiger partial charge on any atom is -0.391 e. The quantitative estimate of drug-likeness (QED) is 0.680. The average molecular weight is 189 g/mol. The van der Waals surface area contributed by atoms with Crippen molar-refractivity contribution in [2.24, 2.45) is 0 Å². The molecule has 0 saturated carbocycles. The minimum absolute atomic E-state index is 0.154. The Labute approximate surface area is 77.1 Å². The monoisotopic (exact) mass is 189 g/mol. The van der Waals surface area contributed by atoms with Crippen LogP contribution in [0.5, 0.6) is 0 Å². The van der Waals surface area contributed by atoms with Gasteiger partial charge in [-0.1, -0.05) is 0 Å². The van der Waals surface area contributed by atoms with Gasteiger partial charge in [0, 0.05) is 13.1 Å². The second-order valence-electron chi connectivity index (χ2n) is 3.07. The number of rotatable bonds is 2. The molecule has 1 amide bonds. The molecule has 0 aromatic carbocycles. The molecule has 0 aromatic heterocycles. The van der Waals surface area contributed by atoms with Crippen LogP contribution >= 0.6 is 11.8 Å². The topological polar surface area (TPSA) is 40.5 Å². The largest absolute Gasteiger partial charge is 0.391 e. The number of aliphatic hydroxyl groups excluding tert-OH is 1. The summed E-state index contributed by atoms with van der Waals surface area (Å²) < 4.78 is 0. The van der Waals surface area contributed by atoms with Gasteiger partial charge in [0.15, 0.2) is 0 Å². The second-order valence-corrected chi connectivity index (χ2v) is 3.93. The summed E-state index contributed by atoms with van der Waals surface area (Å²) in [6, 6.07) is 0. The molecule has 12 heavy (non-hydrogen) atoms. The molecule has 0 spiro atoms. The van der Waals surface area contributed by atoms with Gasteiger partial charge in [-0.3, -0.25) is 4.79 Å². The average Bonchev–Trinajstić information content (AvgIpc) is 2.05. The fourth-order valence-electron chi connectivity index (χ4n) is 1.40. The van der Waals surface area contributed by atoms with Crippen LogP contribution in [0.4, 0.5) is 0 Å². The predicted octanol–water partition coefficient (Wildman–Crippen LogP) is 0.333. The number of amides is 1. The number of piperidine rings is 1. The molecule has 1 fully saturated rings. The first-order chi connectivity index (χ1) is 5.74. The molecular formula is C8H15NO2S. The number of hydrogen-bond acceptors (Lipinski definition) is 3. The molecule has 70 valence electrons. The number of β-amino-alcohol motifs (C(OH)–C–C–N with tert-alkyl or cyclic N) is 1. The molecule has 1 aliphatic rings. The molecule has 3 nitrogen and oxygen atoms in total. The van der Waals surface area contributed by atoms with E-state index in [9.17, 15) is 9.90 Å². The van der Waals surface area contributed by atoms with E-state index in [0.717, 1.165) is 19.4 Å². The van der Waals surface area contributed by atoms with Crippen molar-refractivity contribution in [3.05, 3.63) is 0 Å². The normalized spacial score (nSPS) is 24.2. The van der Waals surface area contributed by atoms with Gasteiger partial charge in [0.25, 0.3) is 0 Å². The van der Waals surface area contributed by atoms with Crippen LogP contribution in [-0.4, -0.2) is 47.1 Å². The van der Waals surface area contributed by atoms with Crippen molar-refractivity contribution in [2.75, 3.05) is 25.1 Å². The first-order valence-corrected chi connectivity index (χ1v) is 5.58. The van der Waals surface area contributed by atoms with Crippen molar-refractivity contribution in [1.82, 2.24) is 4.90 Å². The lowest BCUT2D eigenvalue weighted by Crippen LogP contribution is -2.42. The van der Waals surface area contributed by atoms with E-state index >= 15 is 0 Å². The zero-order valence-corrected chi connectivity index (χ0v) is 8.14. The second kappa shape index (κ2) is 4.72. The van der Waals surface area contributed by atoms with Gasteiger partial charge >= 0.3 is 0 Å². The number of likely N-dealkylation sites (tertiary alicyclic amines) is 1. The summed E-state index contributed by atoms with van der Waals surface area (Å²) in [6.07, 6.45) is 3.38. The molecule has 1 atom stereocenters. The minimum atomic E-state index is -0.301. The van der Waals surface area contributed by atoms with Crippen molar-refractivity contribution in [3.8, 4) is 0 Å². The van der Waals surface area contributed by atoms with Crippen LogP contribution in [-0.2, 0) is 4.79 Å². The molecular weight excluding hydrogens is 174 g/mol. The van der Waals surface area contributed by atoms with Crippen LogP contribution in [0.2, 0.25) is 0 Å². The Balaban J connectivity index is 2.35. The predicted molar refractivity (Wildman–Crippen MR) is 50.2 cm³/mol. The van der Waals surface area contributed by atoms with Gasteiger partial charge in [0.2, 0.25) is 5.91 Å². The van der Waals surface area contributed by atoms with E-state index in [0.29, 0.717) is 12.3 Å². The van der Waals surface area contributed by atoms with Crippen LogP contribution in [0.1, 0.15) is 12.8 Å². The summed E-state index contributed by atoms with van der Waals surface area (Å²) in [4.78, 5) is 13.1. The van der Waals surface area contributed by atoms with Gasteiger partial charge in [-0.25, -0.2) is 0 Å². The van der Waals surface area contributed by atoms with E-state index in [1.54, 1.807) is 4.90 Å². The van der Waals surface area contributed by atoms with E-state index in [1.807, 2.05) is 6.26 Å². The zero-order valence-electron chi connectivity index (χ0n) is 7.32. The Kier molecular flexibility index (Phi) is 3.88. The lowest BCUT2D eigenvalue weighted by molar-refractivity contribution is -0.131. The smallest absolute Gasteiger partial charge is 0.232 e. The van der Waals surface area contributed by atoms with Crippen molar-refractivity contribution >= 4 is 17.7 Å². The molecule has 0 radical (unpaired) electrons. The number of thioether (sulfide) groups is 1. The summed E-state index contributed by atoms with van der Waals surface area (Å²) >= 11 is 1.53. The molecule has 4 heteroatoms. The number of carbonyl (C=O) groups excluding carboxylic acids is 1. The third kappa shape index (κ3) is 2.68. The van der Waals surface area contributed by atoms with Gasteiger partial charge < -0.3 is 10.0 Å². The SMILES string of the molecule is CSCC(=O)N1CCCC(O)C1. The highest BCUT2D eigenvalue weighted by Crippen LogP contribution is 2.10. The van der Waals surface area contributed by atoms with E-state index in [-0.39, 0.29) is 12.0 Å². The summed E-state index contributed by atoms with van der Waals surface area (Å²) in [7, 11) is 0. The van der Waals surface area contributed by atoms with Crippen molar-refractivity contribution < 1.29 is 9.90 Å². The maximum atomic E-state index is 11.3. The lowest BCUT2D eigenvalue weighted by atomic mass is 10.1. The molecule has 1 heterocycles. The Morgan fingerprint density at radius 3 is 3.08 bits per heavy atom. The molecule has 1 unspecified atom stereocenters. The van der Waals surface area contributed by atoms with E-state index < -0.39 is 0 Å². The Hall–Kier alpha value is -0.220. The van der Waals surface area contributed by atoms with Crippen LogP contribution in [0.3, 0.4) is 0 Å². The maximum Gasteiger partial charge on any atom is 0.232 e. The van der Waals surface area contributed by atoms with Gasteiger partial charge in [-0.05, 0) is 19.1 Å². The fourth-order valence-corrected chi connectivity index (χ4v) is 1.83. The van der Waals surface area contributed by atoms with Gasteiger partial charge in [-0.15, -0.1) is 0 Å². The maximum absolute atomic E-state index is 11.3. The number of hydrogen-bond donors (Lipinski definition) is 1. The number of carbonyl (C=O) groups is 1. The summed E-state index contributed by atoms with van der Waals surface area (Å²) in [5.41, 5.74) is 0. The first-order valence-electron chi connectivity index (χ1n) is 4.19. The summed E-state index contributed by atoms with van der Waals surface area (Å²) in [5.74, 6) is 0.688. The molecule has 0 aromatic rings. The van der Waals surface area contributed by atoms with Crippen molar-refractivity contribution in [1.29, 1.82) is 0 Å². The van der Waals surface area contributed by atoms with Crippen LogP contribution in [0.25, 0.3) is 0 Å². The summed E-state index contributed by atoms with van der Waals surface area (Å²) in [6.45, 7) is 1.34. The highest BCUT2D eigenvalue weighted by atomic mass is 32.2. The third-order valence-corrected chi connectivity index (χ3v) is 2.55. The first kappa shape index (κ1) is 9.86. The summed E-state index contributed by atoms with van der Waals surface area (Å²) in [5, 5.41) is 9.30. The number of nitrogens with zero attached hydrogens (tertiary/aromatic N) is 1. The zero-order chi connectivity index (χ0) is 8.97. The van der Waals surface area contributed by atoms with E-state index in [2.05, 4.69) is 0 Å². The van der Waals surface area contributed by atoms with Gasteiger partial charge in [0.1, 0.15) is 0 Å². The van der Waals surface area contributed by atoms with Crippen molar-refractivity contribution in [3.63, 3.8) is 0 Å². The van der Waals surface area contributed by atoms with Crippen molar-refractivity contribution in [2.45, 2.75) is 18.9 Å². The molecule has 0 bridgehead atoms. The van der Waals surface area contributed by atoms with E-state index in [4.69, 9.17) is 0 Å². The Morgan fingerprint density at radius 2 is 2.50 bits per heavy atom.